The highest BCUT2D eigenvalue weighted by atomic mass is 16.4. The zero-order valence-electron chi connectivity index (χ0n) is 9.18. The summed E-state index contributed by atoms with van der Waals surface area (Å²) in [5.74, 6) is -0.301. The van der Waals surface area contributed by atoms with Crippen molar-refractivity contribution in [2.24, 2.45) is 0 Å². The van der Waals surface area contributed by atoms with Gasteiger partial charge in [-0.3, -0.25) is 0 Å². The Morgan fingerprint density at radius 3 is 3.00 bits per heavy atom. The van der Waals surface area contributed by atoms with E-state index in [0.29, 0.717) is 11.9 Å². The van der Waals surface area contributed by atoms with Crippen molar-refractivity contribution >= 4 is 17.5 Å². The fraction of sp³-hybridized carbons (Fsp3) is 0.455. The lowest BCUT2D eigenvalue weighted by Gasteiger charge is -2.22. The average molecular weight is 221 g/mol. The van der Waals surface area contributed by atoms with Crippen molar-refractivity contribution in [2.45, 2.75) is 25.8 Å². The van der Waals surface area contributed by atoms with Gasteiger partial charge in [0.2, 0.25) is 0 Å². The third-order valence-electron chi connectivity index (χ3n) is 3.00. The normalized spacial score (nSPS) is 20.1. The number of nitrogens with zero attached hydrogens (tertiary/aromatic N) is 2. The fourth-order valence-corrected chi connectivity index (χ4v) is 2.07. The van der Waals surface area contributed by atoms with Gasteiger partial charge in [0.1, 0.15) is 5.82 Å². The van der Waals surface area contributed by atoms with Crippen LogP contribution in [0.15, 0.2) is 12.3 Å². The SMILES string of the molecule is CC1CCCN1c1cc(C(=O)O)c(N)cn1. The molecule has 1 atom stereocenters. The maximum absolute atomic E-state index is 10.9. The first-order valence-corrected chi connectivity index (χ1v) is 5.35. The molecule has 1 saturated heterocycles. The number of hydrogen-bond acceptors (Lipinski definition) is 4. The van der Waals surface area contributed by atoms with E-state index in [1.165, 1.54) is 6.20 Å². The largest absolute Gasteiger partial charge is 0.478 e. The van der Waals surface area contributed by atoms with Crippen molar-refractivity contribution in [1.29, 1.82) is 0 Å². The monoisotopic (exact) mass is 221 g/mol. The molecule has 16 heavy (non-hydrogen) atoms. The molecule has 2 heterocycles. The zero-order chi connectivity index (χ0) is 11.7. The summed E-state index contributed by atoms with van der Waals surface area (Å²) in [6.07, 6.45) is 3.66. The molecule has 0 aromatic carbocycles. The molecule has 1 fully saturated rings. The predicted molar refractivity (Wildman–Crippen MR) is 61.7 cm³/mol. The average Bonchev–Trinajstić information content (AvgIpc) is 2.65. The summed E-state index contributed by atoms with van der Waals surface area (Å²) in [7, 11) is 0. The maximum Gasteiger partial charge on any atom is 0.337 e. The molecule has 1 aliphatic heterocycles. The molecule has 1 unspecified atom stereocenters. The first kappa shape index (κ1) is 10.7. The van der Waals surface area contributed by atoms with Crippen LogP contribution in [-0.2, 0) is 0 Å². The van der Waals surface area contributed by atoms with E-state index in [9.17, 15) is 4.79 Å². The minimum absolute atomic E-state index is 0.129. The fourth-order valence-electron chi connectivity index (χ4n) is 2.07. The van der Waals surface area contributed by atoms with Gasteiger partial charge in [-0.2, -0.15) is 0 Å². The third-order valence-corrected chi connectivity index (χ3v) is 3.00. The summed E-state index contributed by atoms with van der Waals surface area (Å²) in [6.45, 7) is 3.04. The number of carboxylic acids is 1. The van der Waals surface area contributed by atoms with Crippen molar-refractivity contribution in [3.8, 4) is 0 Å². The van der Waals surface area contributed by atoms with Gasteiger partial charge in [0.05, 0.1) is 17.4 Å². The number of nitrogen functional groups attached to an aromatic ring is 1. The number of nitrogens with two attached hydrogens (primary N) is 1. The van der Waals surface area contributed by atoms with Crippen LogP contribution in [0.5, 0.6) is 0 Å². The Morgan fingerprint density at radius 2 is 2.44 bits per heavy atom. The van der Waals surface area contributed by atoms with Gasteiger partial charge in [0.25, 0.3) is 0 Å². The maximum atomic E-state index is 10.9. The Bertz CT molecular complexity index is 420. The van der Waals surface area contributed by atoms with Crippen LogP contribution < -0.4 is 10.6 Å². The topological polar surface area (TPSA) is 79.5 Å². The van der Waals surface area contributed by atoms with E-state index in [1.807, 2.05) is 0 Å². The highest BCUT2D eigenvalue weighted by Gasteiger charge is 2.22. The molecule has 86 valence electrons. The lowest BCUT2D eigenvalue weighted by atomic mass is 10.2. The van der Waals surface area contributed by atoms with Crippen LogP contribution in [0.4, 0.5) is 11.5 Å². The Kier molecular flexibility index (Phi) is 2.68. The standard InChI is InChI=1S/C11H15N3O2/c1-7-3-2-4-14(7)10-5-8(11(15)16)9(12)6-13-10/h5-7H,2-4,12H2,1H3,(H,15,16). The molecule has 2 rings (SSSR count). The number of hydrogen-bond donors (Lipinski definition) is 2. The Morgan fingerprint density at radius 1 is 1.69 bits per heavy atom. The van der Waals surface area contributed by atoms with Crippen LogP contribution in [0.25, 0.3) is 0 Å². The van der Waals surface area contributed by atoms with Crippen LogP contribution in [0.3, 0.4) is 0 Å². The molecule has 5 heteroatoms. The molecule has 0 spiro atoms. The van der Waals surface area contributed by atoms with E-state index in [4.69, 9.17) is 10.8 Å². The summed E-state index contributed by atoms with van der Waals surface area (Å²) in [5.41, 5.74) is 5.90. The summed E-state index contributed by atoms with van der Waals surface area (Å²) in [5, 5.41) is 8.97. The van der Waals surface area contributed by atoms with Gasteiger partial charge in [-0.1, -0.05) is 0 Å². The van der Waals surface area contributed by atoms with Crippen LogP contribution in [0.2, 0.25) is 0 Å². The van der Waals surface area contributed by atoms with Gasteiger partial charge in [-0.15, -0.1) is 0 Å². The second kappa shape index (κ2) is 4.00. The number of rotatable bonds is 2. The molecule has 0 saturated carbocycles. The molecule has 0 amide bonds. The summed E-state index contributed by atoms with van der Waals surface area (Å²) >= 11 is 0. The van der Waals surface area contributed by atoms with Gasteiger partial charge < -0.3 is 15.7 Å². The lowest BCUT2D eigenvalue weighted by molar-refractivity contribution is 0.0698. The van der Waals surface area contributed by atoms with Crippen molar-refractivity contribution in [3.63, 3.8) is 0 Å². The second-order valence-corrected chi connectivity index (χ2v) is 4.12. The molecule has 1 aromatic heterocycles. The van der Waals surface area contributed by atoms with E-state index in [0.717, 1.165) is 19.4 Å². The Balaban J connectivity index is 2.35. The molecule has 3 N–H and O–H groups in total. The number of aromatic carboxylic acids is 1. The number of carbonyl (C=O) groups is 1. The first-order valence-electron chi connectivity index (χ1n) is 5.35. The number of pyridine rings is 1. The molecule has 1 aromatic rings. The van der Waals surface area contributed by atoms with Gasteiger partial charge in [0.15, 0.2) is 0 Å². The predicted octanol–water partition coefficient (Wildman–Crippen LogP) is 1.35. The van der Waals surface area contributed by atoms with E-state index in [-0.39, 0.29) is 11.3 Å². The van der Waals surface area contributed by atoms with Gasteiger partial charge >= 0.3 is 5.97 Å². The Hall–Kier alpha value is -1.78. The van der Waals surface area contributed by atoms with Gasteiger partial charge in [0, 0.05) is 12.6 Å². The van der Waals surface area contributed by atoms with Crippen molar-refractivity contribution in [2.75, 3.05) is 17.2 Å². The number of anilines is 2. The quantitative estimate of drug-likeness (QED) is 0.788. The van der Waals surface area contributed by atoms with E-state index >= 15 is 0 Å². The zero-order valence-corrected chi connectivity index (χ0v) is 9.18. The smallest absolute Gasteiger partial charge is 0.337 e. The van der Waals surface area contributed by atoms with Crippen LogP contribution in [0, 0.1) is 0 Å². The van der Waals surface area contributed by atoms with Crippen LogP contribution in [-0.4, -0.2) is 28.6 Å². The number of aromatic nitrogens is 1. The van der Waals surface area contributed by atoms with Crippen LogP contribution in [0.1, 0.15) is 30.1 Å². The molecule has 0 aliphatic carbocycles. The van der Waals surface area contributed by atoms with Crippen molar-refractivity contribution < 1.29 is 9.90 Å². The van der Waals surface area contributed by atoms with E-state index in [2.05, 4.69) is 16.8 Å². The third kappa shape index (κ3) is 1.80. The first-order chi connectivity index (χ1) is 7.59. The van der Waals surface area contributed by atoms with Gasteiger partial charge in [-0.05, 0) is 25.8 Å². The number of carboxylic acid groups (broad SMARTS) is 1. The van der Waals surface area contributed by atoms with Gasteiger partial charge in [-0.25, -0.2) is 9.78 Å². The van der Waals surface area contributed by atoms with Crippen LogP contribution >= 0.6 is 0 Å². The highest BCUT2D eigenvalue weighted by Crippen LogP contribution is 2.25. The molecular formula is C11H15N3O2. The lowest BCUT2D eigenvalue weighted by Crippen LogP contribution is -2.27. The second-order valence-electron chi connectivity index (χ2n) is 4.12. The summed E-state index contributed by atoms with van der Waals surface area (Å²) in [4.78, 5) is 17.3. The van der Waals surface area contributed by atoms with E-state index in [1.54, 1.807) is 6.07 Å². The molecular weight excluding hydrogens is 206 g/mol. The molecule has 0 radical (unpaired) electrons. The molecule has 5 nitrogen and oxygen atoms in total. The molecule has 1 aliphatic rings. The van der Waals surface area contributed by atoms with Crippen molar-refractivity contribution in [3.05, 3.63) is 17.8 Å². The minimum atomic E-state index is -1.01. The molecule has 0 bridgehead atoms. The summed E-state index contributed by atoms with van der Waals surface area (Å²) in [6, 6.07) is 1.97. The minimum Gasteiger partial charge on any atom is -0.478 e. The summed E-state index contributed by atoms with van der Waals surface area (Å²) < 4.78 is 0. The van der Waals surface area contributed by atoms with E-state index < -0.39 is 5.97 Å². The Labute approximate surface area is 93.9 Å². The van der Waals surface area contributed by atoms with Crippen molar-refractivity contribution in [1.82, 2.24) is 4.98 Å². The highest BCUT2D eigenvalue weighted by molar-refractivity contribution is 5.94.